The highest BCUT2D eigenvalue weighted by Gasteiger charge is 2.03. The van der Waals surface area contributed by atoms with Crippen molar-refractivity contribution in [1.82, 2.24) is 0 Å². The zero-order valence-corrected chi connectivity index (χ0v) is 11.5. The molecule has 88 valence electrons. The van der Waals surface area contributed by atoms with Crippen molar-refractivity contribution in [2.24, 2.45) is 0 Å². The molecule has 0 N–H and O–H groups in total. The third-order valence-corrected chi connectivity index (χ3v) is 3.56. The quantitative estimate of drug-likeness (QED) is 0.439. The monoisotopic (exact) mass is 296 g/mol. The molecule has 0 nitrogen and oxygen atoms in total. The van der Waals surface area contributed by atoms with Gasteiger partial charge in [-0.3, -0.25) is 0 Å². The molecule has 0 heterocycles. The first-order valence-corrected chi connectivity index (χ1v) is 7.15. The highest BCUT2D eigenvalue weighted by molar-refractivity contribution is 9.09. The second-order valence-corrected chi connectivity index (χ2v) is 4.94. The molecular weight excluding hydrogens is 284 g/mol. The van der Waals surface area contributed by atoms with Gasteiger partial charge in [-0.05, 0) is 33.2 Å². The predicted molar refractivity (Wildman–Crippen MR) is 84.3 cm³/mol. The van der Waals surface area contributed by atoms with Crippen molar-refractivity contribution in [1.29, 1.82) is 0 Å². The van der Waals surface area contributed by atoms with E-state index in [1.165, 1.54) is 27.1 Å². The van der Waals surface area contributed by atoms with E-state index in [1.54, 1.807) is 0 Å². The molecule has 0 aromatic heterocycles. The predicted octanol–water partition coefficient (Wildman–Crippen LogP) is 5.40. The number of benzene rings is 3. The van der Waals surface area contributed by atoms with Crippen molar-refractivity contribution < 1.29 is 0 Å². The molecule has 0 saturated carbocycles. The minimum atomic E-state index is 0.880. The topological polar surface area (TPSA) is 0 Å². The molecule has 0 fully saturated rings. The van der Waals surface area contributed by atoms with Crippen LogP contribution in [0.25, 0.3) is 27.6 Å². The van der Waals surface area contributed by atoms with Gasteiger partial charge < -0.3 is 0 Å². The van der Waals surface area contributed by atoms with Crippen LogP contribution in [-0.4, -0.2) is 5.33 Å². The summed E-state index contributed by atoms with van der Waals surface area (Å²) in [6.07, 6.45) is 4.35. The molecule has 0 atom stereocenters. The zero-order chi connectivity index (χ0) is 12.4. The molecule has 0 aliphatic heterocycles. The standard InChI is InChI=1S/C17H13Br/c18-11-5-10-17-15-8-3-1-6-13(15)12-14-7-2-4-9-16(14)17/h1-10,12H,11H2. The van der Waals surface area contributed by atoms with Crippen molar-refractivity contribution in [3.8, 4) is 0 Å². The summed E-state index contributed by atoms with van der Waals surface area (Å²) >= 11 is 3.45. The van der Waals surface area contributed by atoms with E-state index in [4.69, 9.17) is 0 Å². The largest absolute Gasteiger partial charge is 0.0883 e. The minimum Gasteiger partial charge on any atom is -0.0883 e. The summed E-state index contributed by atoms with van der Waals surface area (Å²) in [5.74, 6) is 0. The van der Waals surface area contributed by atoms with Crippen LogP contribution in [0.3, 0.4) is 0 Å². The minimum absolute atomic E-state index is 0.880. The Labute approximate surface area is 115 Å². The van der Waals surface area contributed by atoms with Gasteiger partial charge in [-0.15, -0.1) is 0 Å². The van der Waals surface area contributed by atoms with E-state index in [-0.39, 0.29) is 0 Å². The first-order chi connectivity index (χ1) is 8.90. The molecule has 18 heavy (non-hydrogen) atoms. The van der Waals surface area contributed by atoms with Crippen molar-refractivity contribution in [2.75, 3.05) is 5.33 Å². The normalized spacial score (nSPS) is 11.6. The SMILES string of the molecule is BrCC=Cc1c2ccccc2cc2ccccc12. The first kappa shape index (κ1) is 11.5. The fraction of sp³-hybridized carbons (Fsp3) is 0.0588. The smallest absolute Gasteiger partial charge is 0.0215 e. The molecule has 0 radical (unpaired) electrons. The summed E-state index contributed by atoms with van der Waals surface area (Å²) in [4.78, 5) is 0. The maximum absolute atomic E-state index is 3.45. The van der Waals surface area contributed by atoms with Gasteiger partial charge in [0, 0.05) is 5.33 Å². The number of halogens is 1. The maximum atomic E-state index is 3.45. The van der Waals surface area contributed by atoms with Gasteiger partial charge in [0.15, 0.2) is 0 Å². The lowest BCUT2D eigenvalue weighted by Gasteiger charge is -2.08. The molecule has 1 heteroatoms. The Balaban J connectivity index is 2.45. The number of hydrogen-bond donors (Lipinski definition) is 0. The van der Waals surface area contributed by atoms with Gasteiger partial charge in [0.25, 0.3) is 0 Å². The van der Waals surface area contributed by atoms with Gasteiger partial charge in [0.2, 0.25) is 0 Å². The number of fused-ring (bicyclic) bond motifs is 2. The van der Waals surface area contributed by atoms with Crippen molar-refractivity contribution in [3.63, 3.8) is 0 Å². The maximum Gasteiger partial charge on any atom is 0.0215 e. The number of rotatable bonds is 2. The van der Waals surface area contributed by atoms with Gasteiger partial charge >= 0.3 is 0 Å². The second-order valence-electron chi connectivity index (χ2n) is 4.29. The molecule has 0 unspecified atom stereocenters. The summed E-state index contributed by atoms with van der Waals surface area (Å²) in [5.41, 5.74) is 1.31. The van der Waals surface area contributed by atoms with Crippen LogP contribution in [0.1, 0.15) is 5.56 Å². The van der Waals surface area contributed by atoms with E-state index in [9.17, 15) is 0 Å². The fourth-order valence-electron chi connectivity index (χ4n) is 2.39. The van der Waals surface area contributed by atoms with Gasteiger partial charge in [-0.1, -0.05) is 76.6 Å². The molecule has 0 saturated heterocycles. The highest BCUT2D eigenvalue weighted by Crippen LogP contribution is 2.29. The first-order valence-electron chi connectivity index (χ1n) is 6.03. The average Bonchev–Trinajstić information content (AvgIpc) is 2.43. The molecule has 3 rings (SSSR count). The average molecular weight is 297 g/mol. The van der Waals surface area contributed by atoms with E-state index in [0.29, 0.717) is 0 Å². The highest BCUT2D eigenvalue weighted by atomic mass is 79.9. The lowest BCUT2D eigenvalue weighted by molar-refractivity contribution is 1.73. The Bertz CT molecular complexity index is 672. The molecule has 3 aromatic carbocycles. The summed E-state index contributed by atoms with van der Waals surface area (Å²) in [7, 11) is 0. The van der Waals surface area contributed by atoms with E-state index in [2.05, 4.69) is 82.7 Å². The molecule has 0 aliphatic rings. The van der Waals surface area contributed by atoms with Crippen LogP contribution in [0.5, 0.6) is 0 Å². The Morgan fingerprint density at radius 1 is 0.833 bits per heavy atom. The van der Waals surface area contributed by atoms with E-state index >= 15 is 0 Å². The summed E-state index contributed by atoms with van der Waals surface area (Å²) in [5, 5.41) is 6.10. The van der Waals surface area contributed by atoms with Crippen LogP contribution < -0.4 is 0 Å². The Kier molecular flexibility index (Phi) is 3.16. The van der Waals surface area contributed by atoms with Crippen LogP contribution in [0.4, 0.5) is 0 Å². The van der Waals surface area contributed by atoms with Gasteiger partial charge in [0.05, 0.1) is 0 Å². The number of hydrogen-bond acceptors (Lipinski definition) is 0. The number of allylic oxidation sites excluding steroid dienone is 1. The van der Waals surface area contributed by atoms with Gasteiger partial charge in [0.1, 0.15) is 0 Å². The van der Waals surface area contributed by atoms with E-state index in [1.807, 2.05) is 0 Å². The Morgan fingerprint density at radius 3 is 1.94 bits per heavy atom. The van der Waals surface area contributed by atoms with Crippen molar-refractivity contribution in [2.45, 2.75) is 0 Å². The van der Waals surface area contributed by atoms with Crippen molar-refractivity contribution >= 4 is 43.6 Å². The summed E-state index contributed by atoms with van der Waals surface area (Å²) < 4.78 is 0. The molecule has 0 bridgehead atoms. The third kappa shape index (κ3) is 1.95. The van der Waals surface area contributed by atoms with Crippen LogP contribution in [0, 0.1) is 0 Å². The lowest BCUT2D eigenvalue weighted by Crippen LogP contribution is -1.83. The number of alkyl halides is 1. The fourth-order valence-corrected chi connectivity index (χ4v) is 2.58. The van der Waals surface area contributed by atoms with Crippen LogP contribution in [-0.2, 0) is 0 Å². The van der Waals surface area contributed by atoms with Crippen LogP contribution in [0.15, 0.2) is 60.7 Å². The van der Waals surface area contributed by atoms with Crippen LogP contribution >= 0.6 is 15.9 Å². The van der Waals surface area contributed by atoms with E-state index < -0.39 is 0 Å². The van der Waals surface area contributed by atoms with Crippen LogP contribution in [0.2, 0.25) is 0 Å². The zero-order valence-electron chi connectivity index (χ0n) is 9.94. The second kappa shape index (κ2) is 4.95. The molecule has 0 amide bonds. The van der Waals surface area contributed by atoms with Gasteiger partial charge in [-0.25, -0.2) is 0 Å². The van der Waals surface area contributed by atoms with E-state index in [0.717, 1.165) is 5.33 Å². The third-order valence-electron chi connectivity index (χ3n) is 3.19. The molecule has 0 spiro atoms. The molecular formula is C17H13Br. The summed E-state index contributed by atoms with van der Waals surface area (Å²) in [6, 6.07) is 19.4. The molecule has 3 aromatic rings. The lowest BCUT2D eigenvalue weighted by atomic mass is 9.96. The Morgan fingerprint density at radius 2 is 1.39 bits per heavy atom. The molecule has 0 aliphatic carbocycles. The van der Waals surface area contributed by atoms with Gasteiger partial charge in [-0.2, -0.15) is 0 Å². The Hall–Kier alpha value is -1.60. The van der Waals surface area contributed by atoms with Crippen molar-refractivity contribution in [3.05, 3.63) is 66.2 Å². The summed E-state index contributed by atoms with van der Waals surface area (Å²) in [6.45, 7) is 0.